The highest BCUT2D eigenvalue weighted by atomic mass is 79.9. The lowest BCUT2D eigenvalue weighted by Gasteiger charge is -2.15. The van der Waals surface area contributed by atoms with Gasteiger partial charge in [-0.25, -0.2) is 13.8 Å². The van der Waals surface area contributed by atoms with Crippen molar-refractivity contribution in [1.82, 2.24) is 4.98 Å². The molecule has 16 heavy (non-hydrogen) atoms. The molecule has 1 heterocycles. The number of pyridine rings is 1. The number of nitrogens with zero attached hydrogens (tertiary/aromatic N) is 1. The van der Waals surface area contributed by atoms with Crippen LogP contribution in [0.1, 0.15) is 23.2 Å². The van der Waals surface area contributed by atoms with Gasteiger partial charge in [0.25, 0.3) is 6.43 Å². The first-order valence-corrected chi connectivity index (χ1v) is 5.20. The highest BCUT2D eigenvalue weighted by Crippen LogP contribution is 2.39. The first-order valence-electron chi connectivity index (χ1n) is 3.88. The third-order valence-corrected chi connectivity index (χ3v) is 2.42. The van der Waals surface area contributed by atoms with E-state index >= 15 is 0 Å². The van der Waals surface area contributed by atoms with Crippen molar-refractivity contribution >= 4 is 27.5 Å². The molecule has 0 aromatic carbocycles. The number of rotatable bonds is 2. The summed E-state index contributed by atoms with van der Waals surface area (Å²) in [6, 6.07) is 0.511. The monoisotopic (exact) mass is 323 g/mol. The summed E-state index contributed by atoms with van der Waals surface area (Å²) >= 11 is 8.00. The normalized spacial score (nSPS) is 12.2. The summed E-state index contributed by atoms with van der Waals surface area (Å²) in [4.78, 5) is 3.49. The number of hydrogen-bond donors (Lipinski definition) is 0. The Balaban J connectivity index is 3.51. The largest absolute Gasteiger partial charge is 0.417 e. The van der Waals surface area contributed by atoms with E-state index in [-0.39, 0.29) is 4.60 Å². The van der Waals surface area contributed by atoms with Gasteiger partial charge in [-0.3, -0.25) is 0 Å². The third-order valence-electron chi connectivity index (χ3n) is 1.76. The zero-order valence-corrected chi connectivity index (χ0v) is 9.80. The van der Waals surface area contributed by atoms with Crippen LogP contribution in [-0.2, 0) is 12.1 Å². The van der Waals surface area contributed by atoms with Crippen LogP contribution >= 0.6 is 27.5 Å². The molecular formula is C8H4BrClF5N. The molecule has 0 atom stereocenters. The third kappa shape index (κ3) is 2.82. The molecule has 0 bridgehead atoms. The SMILES string of the molecule is FC(F)c1c(C(F)(F)F)cc(Br)nc1CCl. The Morgan fingerprint density at radius 1 is 1.38 bits per heavy atom. The lowest BCUT2D eigenvalue weighted by molar-refractivity contribution is -0.139. The zero-order chi connectivity index (χ0) is 12.5. The maximum absolute atomic E-state index is 12.5. The molecule has 0 radical (unpaired) electrons. The van der Waals surface area contributed by atoms with Gasteiger partial charge < -0.3 is 0 Å². The fourth-order valence-corrected chi connectivity index (χ4v) is 1.80. The van der Waals surface area contributed by atoms with Gasteiger partial charge in [-0.1, -0.05) is 0 Å². The Hall–Kier alpha value is -0.430. The molecule has 1 rings (SSSR count). The fourth-order valence-electron chi connectivity index (χ4n) is 1.15. The zero-order valence-electron chi connectivity index (χ0n) is 7.45. The van der Waals surface area contributed by atoms with Crippen LogP contribution in [0.5, 0.6) is 0 Å². The van der Waals surface area contributed by atoms with Gasteiger partial charge >= 0.3 is 6.18 Å². The molecule has 0 aliphatic rings. The van der Waals surface area contributed by atoms with Crippen LogP contribution in [0.3, 0.4) is 0 Å². The molecule has 0 unspecified atom stereocenters. The number of alkyl halides is 6. The second-order valence-electron chi connectivity index (χ2n) is 2.78. The van der Waals surface area contributed by atoms with Crippen LogP contribution in [0, 0.1) is 0 Å². The summed E-state index contributed by atoms with van der Waals surface area (Å²) in [7, 11) is 0. The molecule has 0 spiro atoms. The summed E-state index contributed by atoms with van der Waals surface area (Å²) < 4.78 is 62.3. The van der Waals surface area contributed by atoms with Gasteiger partial charge in [0.2, 0.25) is 0 Å². The van der Waals surface area contributed by atoms with Crippen LogP contribution in [0.25, 0.3) is 0 Å². The van der Waals surface area contributed by atoms with E-state index in [2.05, 4.69) is 20.9 Å². The van der Waals surface area contributed by atoms with E-state index in [9.17, 15) is 22.0 Å². The van der Waals surface area contributed by atoms with Gasteiger partial charge in [0, 0.05) is 0 Å². The van der Waals surface area contributed by atoms with Crippen molar-refractivity contribution in [2.24, 2.45) is 0 Å². The van der Waals surface area contributed by atoms with Crippen LogP contribution < -0.4 is 0 Å². The number of halogens is 7. The van der Waals surface area contributed by atoms with Gasteiger partial charge in [0.15, 0.2) is 0 Å². The maximum atomic E-state index is 12.5. The molecule has 90 valence electrons. The van der Waals surface area contributed by atoms with Gasteiger partial charge in [0.05, 0.1) is 22.7 Å². The molecule has 1 nitrogen and oxygen atoms in total. The summed E-state index contributed by atoms with van der Waals surface area (Å²) in [5.74, 6) is -0.512. The molecule has 8 heteroatoms. The van der Waals surface area contributed by atoms with Crippen LogP contribution in [0.4, 0.5) is 22.0 Å². The Morgan fingerprint density at radius 2 is 1.94 bits per heavy atom. The molecule has 0 amide bonds. The molecule has 1 aromatic rings. The predicted octanol–water partition coefficient (Wildman–Crippen LogP) is 4.54. The fraction of sp³-hybridized carbons (Fsp3) is 0.375. The van der Waals surface area contributed by atoms with E-state index in [1.807, 2.05) is 0 Å². The Morgan fingerprint density at radius 3 is 2.31 bits per heavy atom. The van der Waals surface area contributed by atoms with Crippen molar-refractivity contribution in [3.63, 3.8) is 0 Å². The topological polar surface area (TPSA) is 12.9 Å². The first kappa shape index (κ1) is 13.6. The van der Waals surface area contributed by atoms with E-state index in [1.165, 1.54) is 0 Å². The quantitative estimate of drug-likeness (QED) is 0.442. The van der Waals surface area contributed by atoms with E-state index in [0.717, 1.165) is 0 Å². The standard InChI is InChI=1S/C8H4BrClF5N/c9-5-1-3(8(13,14)15)6(7(11)12)4(2-10)16-5/h1,7H,2H2. The lowest BCUT2D eigenvalue weighted by Crippen LogP contribution is -2.13. The van der Waals surface area contributed by atoms with Crippen LogP contribution in [0.15, 0.2) is 10.7 Å². The minimum absolute atomic E-state index is 0.181. The highest BCUT2D eigenvalue weighted by molar-refractivity contribution is 9.10. The van der Waals surface area contributed by atoms with E-state index < -0.39 is 35.3 Å². The molecule has 0 saturated heterocycles. The van der Waals surface area contributed by atoms with E-state index in [4.69, 9.17) is 11.6 Å². The van der Waals surface area contributed by atoms with Crippen LogP contribution in [-0.4, -0.2) is 4.98 Å². The van der Waals surface area contributed by atoms with Crippen molar-refractivity contribution in [3.05, 3.63) is 27.5 Å². The Kier molecular flexibility index (Phi) is 4.12. The number of aromatic nitrogens is 1. The van der Waals surface area contributed by atoms with E-state index in [0.29, 0.717) is 6.07 Å². The molecule has 1 aromatic heterocycles. The van der Waals surface area contributed by atoms with Gasteiger partial charge in [-0.15, -0.1) is 11.6 Å². The summed E-state index contributed by atoms with van der Waals surface area (Å²) in [6.07, 6.45) is -8.14. The Bertz CT molecular complexity index is 393. The average molecular weight is 324 g/mol. The predicted molar refractivity (Wildman–Crippen MR) is 51.5 cm³/mol. The van der Waals surface area contributed by atoms with Crippen molar-refractivity contribution in [1.29, 1.82) is 0 Å². The van der Waals surface area contributed by atoms with Gasteiger partial charge in [-0.2, -0.15) is 13.2 Å². The van der Waals surface area contributed by atoms with Crippen molar-refractivity contribution in [2.45, 2.75) is 18.5 Å². The van der Waals surface area contributed by atoms with Crippen molar-refractivity contribution < 1.29 is 22.0 Å². The van der Waals surface area contributed by atoms with Gasteiger partial charge in [-0.05, 0) is 22.0 Å². The average Bonchev–Trinajstić information content (AvgIpc) is 2.14. The smallest absolute Gasteiger partial charge is 0.244 e. The highest BCUT2D eigenvalue weighted by Gasteiger charge is 2.37. The summed E-state index contributed by atoms with van der Waals surface area (Å²) in [5.41, 5.74) is -3.05. The summed E-state index contributed by atoms with van der Waals surface area (Å²) in [6.45, 7) is 0. The molecule has 0 fully saturated rings. The first-order chi connectivity index (χ1) is 7.27. The van der Waals surface area contributed by atoms with Gasteiger partial charge in [0.1, 0.15) is 4.60 Å². The molecule has 0 saturated carbocycles. The van der Waals surface area contributed by atoms with Crippen molar-refractivity contribution in [2.75, 3.05) is 0 Å². The lowest BCUT2D eigenvalue weighted by atomic mass is 10.1. The van der Waals surface area contributed by atoms with Crippen LogP contribution in [0.2, 0.25) is 0 Å². The minimum atomic E-state index is -4.86. The molecular weight excluding hydrogens is 320 g/mol. The van der Waals surface area contributed by atoms with E-state index in [1.54, 1.807) is 0 Å². The summed E-state index contributed by atoms with van der Waals surface area (Å²) in [5, 5.41) is 0. The minimum Gasteiger partial charge on any atom is -0.244 e. The molecule has 0 aliphatic heterocycles. The second-order valence-corrected chi connectivity index (χ2v) is 3.86. The second kappa shape index (κ2) is 4.83. The van der Waals surface area contributed by atoms with Crippen molar-refractivity contribution in [3.8, 4) is 0 Å². The Labute approximate surface area is 101 Å². The molecule has 0 N–H and O–H groups in total. The molecule has 0 aliphatic carbocycles. The maximum Gasteiger partial charge on any atom is 0.417 e. The number of hydrogen-bond acceptors (Lipinski definition) is 1.